The van der Waals surface area contributed by atoms with Gasteiger partial charge >= 0.3 is 5.97 Å². The second-order valence-electron chi connectivity index (χ2n) is 7.45. The normalized spacial score (nSPS) is 19.8. The minimum absolute atomic E-state index is 0.0508. The van der Waals surface area contributed by atoms with Crippen LogP contribution in [0.5, 0.6) is 0 Å². The largest absolute Gasteiger partial charge is 0.481 e. The molecule has 1 aromatic heterocycles. The van der Waals surface area contributed by atoms with Crippen molar-refractivity contribution >= 4 is 11.9 Å². The maximum Gasteiger partial charge on any atom is 0.303 e. The Balaban J connectivity index is 1.77. The molecule has 2 aromatic rings. The fourth-order valence-corrected chi connectivity index (χ4v) is 3.90. The molecule has 1 saturated heterocycles. The Hall–Kier alpha value is -2.81. The maximum atomic E-state index is 13.1. The number of hydrogen-bond donors (Lipinski definition) is 1. The zero-order valence-electron chi connectivity index (χ0n) is 16.4. The molecule has 28 heavy (non-hydrogen) atoms. The number of tetrazole rings is 1. The van der Waals surface area contributed by atoms with Crippen molar-refractivity contribution in [2.45, 2.75) is 32.2 Å². The van der Waals surface area contributed by atoms with Crippen molar-refractivity contribution in [3.63, 3.8) is 0 Å². The average Bonchev–Trinajstić information content (AvgIpc) is 3.11. The molecule has 9 nitrogen and oxygen atoms in total. The Kier molecular flexibility index (Phi) is 6.03. The van der Waals surface area contributed by atoms with Crippen LogP contribution < -0.4 is 0 Å². The highest BCUT2D eigenvalue weighted by Gasteiger charge is 2.33. The molecule has 9 heteroatoms. The van der Waals surface area contributed by atoms with Crippen LogP contribution in [0.2, 0.25) is 0 Å². The first-order valence-electron chi connectivity index (χ1n) is 9.39. The molecule has 1 N–H and O–H groups in total. The van der Waals surface area contributed by atoms with Gasteiger partial charge in [-0.25, -0.2) is 0 Å². The van der Waals surface area contributed by atoms with Crippen LogP contribution in [0.1, 0.15) is 35.4 Å². The van der Waals surface area contributed by atoms with E-state index in [1.165, 1.54) is 0 Å². The van der Waals surface area contributed by atoms with Gasteiger partial charge < -0.3 is 14.9 Å². The summed E-state index contributed by atoms with van der Waals surface area (Å²) in [6.45, 7) is 3.01. The Labute approximate surface area is 163 Å². The molecule has 2 atom stereocenters. The van der Waals surface area contributed by atoms with Gasteiger partial charge in [0.25, 0.3) is 5.91 Å². The van der Waals surface area contributed by atoms with E-state index in [4.69, 9.17) is 5.11 Å². The van der Waals surface area contributed by atoms with Crippen LogP contribution in [0.3, 0.4) is 0 Å². The fraction of sp³-hybridized carbons (Fsp3) is 0.526. The summed E-state index contributed by atoms with van der Waals surface area (Å²) in [4.78, 5) is 28.1. The van der Waals surface area contributed by atoms with E-state index in [9.17, 15) is 9.59 Å². The molecule has 1 aliphatic heterocycles. The van der Waals surface area contributed by atoms with Crippen molar-refractivity contribution in [2.75, 3.05) is 27.2 Å². The van der Waals surface area contributed by atoms with E-state index in [0.717, 1.165) is 12.1 Å². The maximum absolute atomic E-state index is 13.1. The van der Waals surface area contributed by atoms with Gasteiger partial charge in [0.05, 0.1) is 5.69 Å². The third-order valence-electron chi connectivity index (χ3n) is 5.34. The van der Waals surface area contributed by atoms with Gasteiger partial charge in [-0.15, -0.1) is 5.10 Å². The van der Waals surface area contributed by atoms with Gasteiger partial charge in [-0.05, 0) is 68.4 Å². The number of carboxylic acid groups (broad SMARTS) is 1. The molecule has 1 amide bonds. The lowest BCUT2D eigenvalue weighted by Crippen LogP contribution is -2.50. The van der Waals surface area contributed by atoms with Crippen LogP contribution >= 0.6 is 0 Å². The fourth-order valence-electron chi connectivity index (χ4n) is 3.90. The number of piperidine rings is 1. The van der Waals surface area contributed by atoms with Crippen LogP contribution in [0.15, 0.2) is 24.3 Å². The smallest absolute Gasteiger partial charge is 0.303 e. The van der Waals surface area contributed by atoms with Crippen LogP contribution in [0.25, 0.3) is 5.69 Å². The first kappa shape index (κ1) is 19.9. The molecule has 0 radical (unpaired) electrons. The summed E-state index contributed by atoms with van der Waals surface area (Å²) in [5.74, 6) is -0.0746. The van der Waals surface area contributed by atoms with Crippen molar-refractivity contribution in [3.05, 3.63) is 35.7 Å². The van der Waals surface area contributed by atoms with Gasteiger partial charge in [-0.3, -0.25) is 9.59 Å². The predicted octanol–water partition coefficient (Wildman–Crippen LogP) is 1.23. The second-order valence-corrected chi connectivity index (χ2v) is 7.45. The summed E-state index contributed by atoms with van der Waals surface area (Å²) >= 11 is 0. The number of carbonyl (C=O) groups is 2. The van der Waals surface area contributed by atoms with Crippen molar-refractivity contribution in [3.8, 4) is 5.69 Å². The Morgan fingerprint density at radius 3 is 2.75 bits per heavy atom. The third-order valence-corrected chi connectivity index (χ3v) is 5.34. The van der Waals surface area contributed by atoms with E-state index < -0.39 is 5.97 Å². The van der Waals surface area contributed by atoms with E-state index >= 15 is 0 Å². The topological polar surface area (TPSA) is 104 Å². The lowest BCUT2D eigenvalue weighted by atomic mass is 9.87. The first-order chi connectivity index (χ1) is 13.4. The molecular weight excluding hydrogens is 360 g/mol. The molecule has 0 unspecified atom stereocenters. The quantitative estimate of drug-likeness (QED) is 0.796. The van der Waals surface area contributed by atoms with E-state index in [1.54, 1.807) is 23.7 Å². The zero-order chi connectivity index (χ0) is 20.3. The summed E-state index contributed by atoms with van der Waals surface area (Å²) in [5.41, 5.74) is 1.31. The van der Waals surface area contributed by atoms with Gasteiger partial charge in [0, 0.05) is 31.1 Å². The molecule has 1 fully saturated rings. The molecule has 0 bridgehead atoms. The van der Waals surface area contributed by atoms with Crippen LogP contribution in [0, 0.1) is 12.8 Å². The standard InChI is InChI=1S/C19H26N6O3/c1-13-20-21-22-25(13)16-6-4-5-14(11-16)19(28)24-10-9-17(23(2)3)15(12-24)7-8-18(26)27/h4-6,11,15,17H,7-10,12H2,1-3H3,(H,26,27)/t15-,17+/m1/s1. The summed E-state index contributed by atoms with van der Waals surface area (Å²) < 4.78 is 1.59. The summed E-state index contributed by atoms with van der Waals surface area (Å²) in [5, 5.41) is 20.5. The second kappa shape index (κ2) is 8.47. The highest BCUT2D eigenvalue weighted by Crippen LogP contribution is 2.26. The first-order valence-corrected chi connectivity index (χ1v) is 9.39. The van der Waals surface area contributed by atoms with Crippen LogP contribution in [-0.4, -0.2) is 80.2 Å². The number of hydrogen-bond acceptors (Lipinski definition) is 6. The van der Waals surface area contributed by atoms with Crippen LogP contribution in [0.4, 0.5) is 0 Å². The molecule has 0 spiro atoms. The lowest BCUT2D eigenvalue weighted by Gasteiger charge is -2.41. The molecule has 1 aliphatic rings. The van der Waals surface area contributed by atoms with Crippen molar-refractivity contribution < 1.29 is 14.7 Å². The number of benzene rings is 1. The van der Waals surface area contributed by atoms with Gasteiger partial charge in [0.1, 0.15) is 0 Å². The van der Waals surface area contributed by atoms with Gasteiger partial charge in [-0.1, -0.05) is 6.07 Å². The number of carbonyl (C=O) groups excluding carboxylic acids is 1. The van der Waals surface area contributed by atoms with E-state index in [1.807, 2.05) is 31.1 Å². The minimum Gasteiger partial charge on any atom is -0.481 e. The number of likely N-dealkylation sites (tertiary alicyclic amines) is 1. The number of nitrogens with zero attached hydrogens (tertiary/aromatic N) is 6. The SMILES string of the molecule is Cc1nnnn1-c1cccc(C(=O)N2CC[C@H](N(C)C)[C@H](CCC(=O)O)C2)c1. The van der Waals surface area contributed by atoms with E-state index in [2.05, 4.69) is 20.4 Å². The number of amides is 1. The molecule has 2 heterocycles. The van der Waals surface area contributed by atoms with Crippen molar-refractivity contribution in [1.82, 2.24) is 30.0 Å². The Morgan fingerprint density at radius 1 is 1.32 bits per heavy atom. The third kappa shape index (κ3) is 4.36. The highest BCUT2D eigenvalue weighted by molar-refractivity contribution is 5.94. The molecular formula is C19H26N6O3. The molecule has 3 rings (SSSR count). The number of carboxylic acids is 1. The number of rotatable bonds is 6. The Bertz CT molecular complexity index is 850. The van der Waals surface area contributed by atoms with Gasteiger partial charge in [0.2, 0.25) is 0 Å². The molecule has 0 aliphatic carbocycles. The zero-order valence-corrected chi connectivity index (χ0v) is 16.4. The molecule has 1 aromatic carbocycles. The molecule has 150 valence electrons. The molecule has 0 saturated carbocycles. The summed E-state index contributed by atoms with van der Waals surface area (Å²) in [6, 6.07) is 7.52. The van der Waals surface area contributed by atoms with Gasteiger partial charge in [0.15, 0.2) is 5.82 Å². The van der Waals surface area contributed by atoms with Gasteiger partial charge in [-0.2, -0.15) is 4.68 Å². The van der Waals surface area contributed by atoms with Crippen molar-refractivity contribution in [1.29, 1.82) is 0 Å². The van der Waals surface area contributed by atoms with Crippen molar-refractivity contribution in [2.24, 2.45) is 5.92 Å². The van der Waals surface area contributed by atoms with E-state index in [0.29, 0.717) is 30.9 Å². The minimum atomic E-state index is -0.800. The average molecular weight is 386 g/mol. The monoisotopic (exact) mass is 386 g/mol. The number of aromatic nitrogens is 4. The van der Waals surface area contributed by atoms with Crippen LogP contribution in [-0.2, 0) is 4.79 Å². The number of aryl methyl sites for hydroxylation is 1. The highest BCUT2D eigenvalue weighted by atomic mass is 16.4. The summed E-state index contributed by atoms with van der Waals surface area (Å²) in [6.07, 6.45) is 1.51. The Morgan fingerprint density at radius 2 is 2.11 bits per heavy atom. The number of aliphatic carboxylic acids is 1. The van der Waals surface area contributed by atoms with E-state index in [-0.39, 0.29) is 24.3 Å². The predicted molar refractivity (Wildman–Crippen MR) is 102 cm³/mol. The lowest BCUT2D eigenvalue weighted by molar-refractivity contribution is -0.137. The summed E-state index contributed by atoms with van der Waals surface area (Å²) in [7, 11) is 4.02.